The van der Waals surface area contributed by atoms with Crippen molar-refractivity contribution in [2.45, 2.75) is 32.4 Å². The topological polar surface area (TPSA) is 62.4 Å². The summed E-state index contributed by atoms with van der Waals surface area (Å²) in [6.45, 7) is 8.81. The maximum absolute atomic E-state index is 11.4. The molecule has 1 unspecified atom stereocenters. The average molecular weight is 215 g/mol. The van der Waals surface area contributed by atoms with Crippen LogP contribution in [0.1, 0.15) is 20.8 Å². The largest absolute Gasteiger partial charge is 0.374 e. The van der Waals surface area contributed by atoms with Crippen LogP contribution in [0.15, 0.2) is 0 Å². The van der Waals surface area contributed by atoms with Gasteiger partial charge in [0.1, 0.15) is 0 Å². The molecule has 0 spiro atoms. The summed E-state index contributed by atoms with van der Waals surface area (Å²) in [6, 6.07) is -0.142. The van der Waals surface area contributed by atoms with Crippen LogP contribution in [0.5, 0.6) is 0 Å². The fraction of sp³-hybridized carbons (Fsp3) is 0.900. The van der Waals surface area contributed by atoms with Crippen LogP contribution in [0.25, 0.3) is 0 Å². The van der Waals surface area contributed by atoms with Gasteiger partial charge in [-0.15, -0.1) is 0 Å². The van der Waals surface area contributed by atoms with Crippen molar-refractivity contribution in [3.63, 3.8) is 0 Å². The van der Waals surface area contributed by atoms with Crippen molar-refractivity contribution in [1.82, 2.24) is 16.0 Å². The van der Waals surface area contributed by atoms with Crippen LogP contribution in [0, 0.1) is 0 Å². The summed E-state index contributed by atoms with van der Waals surface area (Å²) in [6.07, 6.45) is 0.0875. The Labute approximate surface area is 90.9 Å². The van der Waals surface area contributed by atoms with E-state index >= 15 is 0 Å². The number of amides is 2. The van der Waals surface area contributed by atoms with Gasteiger partial charge in [0.05, 0.1) is 12.7 Å². The molecule has 0 saturated carbocycles. The molecule has 1 saturated heterocycles. The molecular formula is C10H21N3O2. The van der Waals surface area contributed by atoms with Crippen LogP contribution in [-0.4, -0.2) is 43.9 Å². The van der Waals surface area contributed by atoms with Crippen LogP contribution < -0.4 is 16.0 Å². The van der Waals surface area contributed by atoms with Crippen molar-refractivity contribution in [1.29, 1.82) is 0 Å². The fourth-order valence-electron chi connectivity index (χ4n) is 1.34. The predicted octanol–water partition coefficient (Wildman–Crippen LogP) is 0.0725. The number of carbonyl (C=O) groups excluding carboxylic acids is 1. The molecule has 3 N–H and O–H groups in total. The third kappa shape index (κ3) is 5.59. The second kappa shape index (κ2) is 5.32. The first-order valence-electron chi connectivity index (χ1n) is 5.36. The molecule has 1 heterocycles. The van der Waals surface area contributed by atoms with Crippen LogP contribution in [0.2, 0.25) is 0 Å². The number of ether oxygens (including phenoxy) is 1. The van der Waals surface area contributed by atoms with Gasteiger partial charge in [0.15, 0.2) is 0 Å². The molecule has 1 aliphatic heterocycles. The minimum absolute atomic E-state index is 0.0875. The standard InChI is InChI=1S/C10H21N3O2/c1-10(2,3)13-9(14)12-7-8-6-11-4-5-15-8/h8,11H,4-7H2,1-3H3,(H2,12,13,14). The van der Waals surface area contributed by atoms with Gasteiger partial charge in [0.2, 0.25) is 0 Å². The van der Waals surface area contributed by atoms with E-state index in [0.717, 1.165) is 13.1 Å². The molecule has 0 radical (unpaired) electrons. The van der Waals surface area contributed by atoms with Crippen LogP contribution in [0.4, 0.5) is 4.79 Å². The second-order valence-corrected chi connectivity index (χ2v) is 4.78. The average Bonchev–Trinajstić information content (AvgIpc) is 2.14. The van der Waals surface area contributed by atoms with Crippen molar-refractivity contribution in [2.75, 3.05) is 26.2 Å². The van der Waals surface area contributed by atoms with Gasteiger partial charge in [-0.3, -0.25) is 0 Å². The van der Waals surface area contributed by atoms with Crippen molar-refractivity contribution >= 4 is 6.03 Å². The van der Waals surface area contributed by atoms with E-state index < -0.39 is 0 Å². The van der Waals surface area contributed by atoms with Gasteiger partial charge in [0.25, 0.3) is 0 Å². The summed E-state index contributed by atoms with van der Waals surface area (Å²) in [5, 5.41) is 8.84. The normalized spacial score (nSPS) is 22.2. The van der Waals surface area contributed by atoms with Crippen LogP contribution in [-0.2, 0) is 4.74 Å². The Hall–Kier alpha value is -0.810. The van der Waals surface area contributed by atoms with Gasteiger partial charge in [-0.25, -0.2) is 4.79 Å². The molecule has 5 heteroatoms. The summed E-state index contributed by atoms with van der Waals surface area (Å²) in [4.78, 5) is 11.4. The summed E-state index contributed by atoms with van der Waals surface area (Å²) < 4.78 is 5.45. The highest BCUT2D eigenvalue weighted by Crippen LogP contribution is 1.98. The first kappa shape index (κ1) is 12.3. The molecule has 15 heavy (non-hydrogen) atoms. The van der Waals surface area contributed by atoms with E-state index in [1.54, 1.807) is 0 Å². The highest BCUT2D eigenvalue weighted by molar-refractivity contribution is 5.74. The van der Waals surface area contributed by atoms with Crippen molar-refractivity contribution < 1.29 is 9.53 Å². The van der Waals surface area contributed by atoms with E-state index in [1.165, 1.54) is 0 Å². The Morgan fingerprint density at radius 2 is 2.27 bits per heavy atom. The van der Waals surface area contributed by atoms with E-state index in [4.69, 9.17) is 4.74 Å². The Morgan fingerprint density at radius 1 is 1.53 bits per heavy atom. The number of nitrogens with one attached hydrogen (secondary N) is 3. The highest BCUT2D eigenvalue weighted by atomic mass is 16.5. The lowest BCUT2D eigenvalue weighted by molar-refractivity contribution is 0.0306. The molecule has 0 aromatic rings. The number of hydrogen-bond acceptors (Lipinski definition) is 3. The molecule has 1 fully saturated rings. The molecule has 1 rings (SSSR count). The number of carbonyl (C=O) groups is 1. The number of urea groups is 1. The van der Waals surface area contributed by atoms with Gasteiger partial charge in [-0.1, -0.05) is 0 Å². The zero-order chi connectivity index (χ0) is 11.3. The predicted molar refractivity (Wildman–Crippen MR) is 58.9 cm³/mol. The maximum atomic E-state index is 11.4. The van der Waals surface area contributed by atoms with Gasteiger partial charge in [0, 0.05) is 25.2 Å². The van der Waals surface area contributed by atoms with Crippen LogP contribution in [0.3, 0.4) is 0 Å². The quantitative estimate of drug-likeness (QED) is 0.611. The molecule has 0 aromatic carbocycles. The molecule has 1 aliphatic rings. The Balaban J connectivity index is 2.15. The number of rotatable bonds is 2. The second-order valence-electron chi connectivity index (χ2n) is 4.78. The SMILES string of the molecule is CC(C)(C)NC(=O)NCC1CNCCO1. The van der Waals surface area contributed by atoms with Crippen molar-refractivity contribution in [3.05, 3.63) is 0 Å². The summed E-state index contributed by atoms with van der Waals surface area (Å²) >= 11 is 0. The number of hydrogen-bond donors (Lipinski definition) is 3. The summed E-state index contributed by atoms with van der Waals surface area (Å²) in [7, 11) is 0. The van der Waals surface area contributed by atoms with E-state index in [0.29, 0.717) is 13.2 Å². The molecule has 2 amide bonds. The van der Waals surface area contributed by atoms with Crippen molar-refractivity contribution in [3.8, 4) is 0 Å². The third-order valence-corrected chi connectivity index (χ3v) is 1.98. The first-order chi connectivity index (χ1) is 6.97. The Bertz CT molecular complexity index is 207. The Kier molecular flexibility index (Phi) is 4.35. The Morgan fingerprint density at radius 3 is 2.80 bits per heavy atom. The molecule has 5 nitrogen and oxygen atoms in total. The minimum atomic E-state index is -0.199. The minimum Gasteiger partial charge on any atom is -0.374 e. The lowest BCUT2D eigenvalue weighted by Crippen LogP contribution is -2.51. The van der Waals surface area contributed by atoms with E-state index in [9.17, 15) is 4.79 Å². The maximum Gasteiger partial charge on any atom is 0.315 e. The summed E-state index contributed by atoms with van der Waals surface area (Å²) in [5.74, 6) is 0. The fourth-order valence-corrected chi connectivity index (χ4v) is 1.34. The molecular weight excluding hydrogens is 194 g/mol. The zero-order valence-electron chi connectivity index (χ0n) is 9.72. The van der Waals surface area contributed by atoms with Gasteiger partial charge in [-0.2, -0.15) is 0 Å². The van der Waals surface area contributed by atoms with Gasteiger partial charge < -0.3 is 20.7 Å². The number of morpholine rings is 1. The third-order valence-electron chi connectivity index (χ3n) is 1.98. The lowest BCUT2D eigenvalue weighted by atomic mass is 10.1. The first-order valence-corrected chi connectivity index (χ1v) is 5.36. The summed E-state index contributed by atoms with van der Waals surface area (Å²) in [5.41, 5.74) is -0.199. The van der Waals surface area contributed by atoms with Gasteiger partial charge >= 0.3 is 6.03 Å². The molecule has 0 bridgehead atoms. The smallest absolute Gasteiger partial charge is 0.315 e. The molecule has 0 aromatic heterocycles. The molecule has 88 valence electrons. The van der Waals surface area contributed by atoms with Crippen molar-refractivity contribution in [2.24, 2.45) is 0 Å². The van der Waals surface area contributed by atoms with Gasteiger partial charge in [-0.05, 0) is 20.8 Å². The monoisotopic (exact) mass is 215 g/mol. The van der Waals surface area contributed by atoms with E-state index in [2.05, 4.69) is 16.0 Å². The lowest BCUT2D eigenvalue weighted by Gasteiger charge is -2.25. The molecule has 0 aliphatic carbocycles. The zero-order valence-corrected chi connectivity index (χ0v) is 9.72. The van der Waals surface area contributed by atoms with E-state index in [1.807, 2.05) is 20.8 Å². The van der Waals surface area contributed by atoms with E-state index in [-0.39, 0.29) is 17.7 Å². The molecule has 1 atom stereocenters. The highest BCUT2D eigenvalue weighted by Gasteiger charge is 2.16. The van der Waals surface area contributed by atoms with Crippen LogP contribution >= 0.6 is 0 Å².